The van der Waals surface area contributed by atoms with Crippen LogP contribution in [-0.4, -0.2) is 19.1 Å². The summed E-state index contributed by atoms with van der Waals surface area (Å²) in [4.78, 5) is 10.6. The molecule has 0 aromatic heterocycles. The normalized spacial score (nSPS) is 9.67. The van der Waals surface area contributed by atoms with E-state index in [1.807, 2.05) is 18.2 Å². The van der Waals surface area contributed by atoms with E-state index in [1.165, 1.54) is 6.92 Å². The van der Waals surface area contributed by atoms with Crippen molar-refractivity contribution in [1.29, 1.82) is 0 Å². The number of hydrogen-bond acceptors (Lipinski definition) is 3. The quantitative estimate of drug-likeness (QED) is 0.564. The number of rotatable bonds is 5. The van der Waals surface area contributed by atoms with Crippen molar-refractivity contribution >= 4 is 11.6 Å². The van der Waals surface area contributed by atoms with Crippen LogP contribution in [0.4, 0.5) is 5.69 Å². The number of benzene rings is 1. The molecule has 1 rings (SSSR count). The van der Waals surface area contributed by atoms with E-state index in [9.17, 15) is 4.79 Å². The molecule has 15 heavy (non-hydrogen) atoms. The van der Waals surface area contributed by atoms with Crippen molar-refractivity contribution in [2.45, 2.75) is 13.3 Å². The molecule has 0 saturated heterocycles. The summed E-state index contributed by atoms with van der Waals surface area (Å²) in [5.74, 6) is 0.747. The number of nitrogens with two attached hydrogens (primary N) is 1. The van der Waals surface area contributed by atoms with E-state index >= 15 is 0 Å². The van der Waals surface area contributed by atoms with Gasteiger partial charge in [0.1, 0.15) is 5.75 Å². The number of carbonyl (C=O) groups is 1. The molecule has 1 amide bonds. The lowest BCUT2D eigenvalue weighted by Crippen LogP contribution is -2.22. The first-order valence-electron chi connectivity index (χ1n) is 4.91. The summed E-state index contributed by atoms with van der Waals surface area (Å²) in [5, 5.41) is 2.70. The van der Waals surface area contributed by atoms with E-state index in [1.54, 1.807) is 6.07 Å². The van der Waals surface area contributed by atoms with Crippen LogP contribution in [0.2, 0.25) is 0 Å². The van der Waals surface area contributed by atoms with Crippen LogP contribution < -0.4 is 15.8 Å². The fourth-order valence-electron chi connectivity index (χ4n) is 1.13. The Balaban J connectivity index is 2.17. The van der Waals surface area contributed by atoms with Gasteiger partial charge in [0.25, 0.3) is 0 Å². The molecule has 0 spiro atoms. The fraction of sp³-hybridized carbons (Fsp3) is 0.364. The third-order valence-corrected chi connectivity index (χ3v) is 1.82. The molecule has 4 nitrogen and oxygen atoms in total. The van der Waals surface area contributed by atoms with Gasteiger partial charge in [-0.05, 0) is 18.6 Å². The molecule has 1 aromatic carbocycles. The largest absolute Gasteiger partial charge is 0.493 e. The maximum atomic E-state index is 10.6. The first kappa shape index (κ1) is 11.4. The molecule has 0 atom stereocenters. The molecule has 3 N–H and O–H groups in total. The van der Waals surface area contributed by atoms with E-state index in [0.29, 0.717) is 18.8 Å². The second-order valence-electron chi connectivity index (χ2n) is 3.26. The fourth-order valence-corrected chi connectivity index (χ4v) is 1.13. The summed E-state index contributed by atoms with van der Waals surface area (Å²) >= 11 is 0. The van der Waals surface area contributed by atoms with Gasteiger partial charge < -0.3 is 15.8 Å². The maximum Gasteiger partial charge on any atom is 0.216 e. The van der Waals surface area contributed by atoms with Crippen LogP contribution in [0.5, 0.6) is 5.75 Å². The van der Waals surface area contributed by atoms with Gasteiger partial charge in [-0.2, -0.15) is 0 Å². The van der Waals surface area contributed by atoms with Crippen LogP contribution in [0.15, 0.2) is 24.3 Å². The molecule has 0 unspecified atom stereocenters. The van der Waals surface area contributed by atoms with Crippen LogP contribution in [-0.2, 0) is 4.79 Å². The molecular weight excluding hydrogens is 192 g/mol. The summed E-state index contributed by atoms with van der Waals surface area (Å²) in [6, 6.07) is 7.29. The molecule has 0 heterocycles. The highest BCUT2D eigenvalue weighted by Crippen LogP contribution is 2.14. The lowest BCUT2D eigenvalue weighted by molar-refractivity contribution is -0.118. The van der Waals surface area contributed by atoms with Crippen LogP contribution in [0.3, 0.4) is 0 Å². The Morgan fingerprint density at radius 3 is 3.00 bits per heavy atom. The molecule has 82 valence electrons. The number of nitrogen functional groups attached to an aromatic ring is 1. The Morgan fingerprint density at radius 2 is 2.33 bits per heavy atom. The smallest absolute Gasteiger partial charge is 0.216 e. The summed E-state index contributed by atoms with van der Waals surface area (Å²) in [5.41, 5.74) is 6.28. The van der Waals surface area contributed by atoms with E-state index in [-0.39, 0.29) is 5.91 Å². The van der Waals surface area contributed by atoms with Crippen molar-refractivity contribution in [2.24, 2.45) is 0 Å². The van der Waals surface area contributed by atoms with Gasteiger partial charge in [-0.3, -0.25) is 4.79 Å². The maximum absolute atomic E-state index is 10.6. The third kappa shape index (κ3) is 4.90. The third-order valence-electron chi connectivity index (χ3n) is 1.82. The van der Waals surface area contributed by atoms with Crippen LogP contribution in [0, 0.1) is 0 Å². The number of ether oxygens (including phenoxy) is 1. The van der Waals surface area contributed by atoms with Crippen LogP contribution >= 0.6 is 0 Å². The number of amides is 1. The molecule has 0 aliphatic carbocycles. The highest BCUT2D eigenvalue weighted by atomic mass is 16.5. The van der Waals surface area contributed by atoms with E-state index in [2.05, 4.69) is 5.32 Å². The molecule has 0 saturated carbocycles. The van der Waals surface area contributed by atoms with Crippen LogP contribution in [0.1, 0.15) is 13.3 Å². The lowest BCUT2D eigenvalue weighted by Gasteiger charge is -2.06. The zero-order chi connectivity index (χ0) is 11.1. The molecule has 0 aliphatic rings. The Bertz CT molecular complexity index is 326. The monoisotopic (exact) mass is 208 g/mol. The first-order chi connectivity index (χ1) is 7.18. The highest BCUT2D eigenvalue weighted by Gasteiger charge is 1.94. The summed E-state index contributed by atoms with van der Waals surface area (Å²) < 4.78 is 5.44. The summed E-state index contributed by atoms with van der Waals surface area (Å²) in [6.45, 7) is 2.71. The van der Waals surface area contributed by atoms with Gasteiger partial charge in [0.15, 0.2) is 0 Å². The predicted molar refractivity (Wildman–Crippen MR) is 59.7 cm³/mol. The minimum atomic E-state index is -0.0149. The standard InChI is InChI=1S/C11H16N2O2/c1-9(14)13-6-3-7-15-11-5-2-4-10(12)8-11/h2,4-5,8H,3,6-7,12H2,1H3,(H,13,14). The molecule has 0 radical (unpaired) electrons. The van der Waals surface area contributed by atoms with Crippen molar-refractivity contribution < 1.29 is 9.53 Å². The average molecular weight is 208 g/mol. The molecule has 1 aromatic rings. The van der Waals surface area contributed by atoms with E-state index < -0.39 is 0 Å². The van der Waals surface area contributed by atoms with Crippen molar-refractivity contribution in [1.82, 2.24) is 5.32 Å². The van der Waals surface area contributed by atoms with Crippen LogP contribution in [0.25, 0.3) is 0 Å². The molecular formula is C11H16N2O2. The zero-order valence-electron chi connectivity index (χ0n) is 8.82. The molecule has 0 aliphatic heterocycles. The highest BCUT2D eigenvalue weighted by molar-refractivity contribution is 5.72. The number of hydrogen-bond donors (Lipinski definition) is 2. The topological polar surface area (TPSA) is 64.3 Å². The van der Waals surface area contributed by atoms with Gasteiger partial charge in [-0.1, -0.05) is 6.07 Å². The van der Waals surface area contributed by atoms with Gasteiger partial charge in [0.05, 0.1) is 6.61 Å². The predicted octanol–water partition coefficient (Wildman–Crippen LogP) is 1.17. The Morgan fingerprint density at radius 1 is 1.53 bits per heavy atom. The number of anilines is 1. The van der Waals surface area contributed by atoms with Crippen molar-refractivity contribution in [3.63, 3.8) is 0 Å². The number of nitrogens with one attached hydrogen (secondary N) is 1. The van der Waals surface area contributed by atoms with Gasteiger partial charge in [-0.25, -0.2) is 0 Å². The molecule has 0 fully saturated rings. The Labute approximate surface area is 89.4 Å². The Kier molecular flexibility index (Phi) is 4.47. The summed E-state index contributed by atoms with van der Waals surface area (Å²) in [6.07, 6.45) is 0.786. The number of carbonyl (C=O) groups excluding carboxylic acids is 1. The summed E-state index contributed by atoms with van der Waals surface area (Å²) in [7, 11) is 0. The second kappa shape index (κ2) is 5.90. The van der Waals surface area contributed by atoms with Gasteiger partial charge in [-0.15, -0.1) is 0 Å². The molecule has 4 heteroatoms. The van der Waals surface area contributed by atoms with Gasteiger partial charge in [0.2, 0.25) is 5.91 Å². The first-order valence-corrected chi connectivity index (χ1v) is 4.91. The zero-order valence-corrected chi connectivity index (χ0v) is 8.82. The van der Waals surface area contributed by atoms with Crippen molar-refractivity contribution in [2.75, 3.05) is 18.9 Å². The lowest BCUT2D eigenvalue weighted by atomic mass is 10.3. The minimum absolute atomic E-state index is 0.0149. The minimum Gasteiger partial charge on any atom is -0.493 e. The Hall–Kier alpha value is -1.71. The van der Waals surface area contributed by atoms with Gasteiger partial charge >= 0.3 is 0 Å². The van der Waals surface area contributed by atoms with E-state index in [4.69, 9.17) is 10.5 Å². The second-order valence-corrected chi connectivity index (χ2v) is 3.26. The average Bonchev–Trinajstić information content (AvgIpc) is 2.17. The SMILES string of the molecule is CC(=O)NCCCOc1cccc(N)c1. The van der Waals surface area contributed by atoms with Crippen molar-refractivity contribution in [3.05, 3.63) is 24.3 Å². The van der Waals surface area contributed by atoms with Crippen molar-refractivity contribution in [3.8, 4) is 5.75 Å². The van der Waals surface area contributed by atoms with Gasteiger partial charge in [0, 0.05) is 25.2 Å². The molecule has 0 bridgehead atoms. The van der Waals surface area contributed by atoms with E-state index in [0.717, 1.165) is 12.2 Å².